The van der Waals surface area contributed by atoms with Crippen LogP contribution in [0.15, 0.2) is 36.5 Å². The normalized spacial score (nSPS) is 9.48. The first kappa shape index (κ1) is 15.7. The van der Waals surface area contributed by atoms with Crippen molar-refractivity contribution in [3.8, 4) is 12.1 Å². The minimum atomic E-state index is -0.539. The number of hydrogen-bond acceptors (Lipinski definition) is 7. The molecular weight excluding hydrogens is 296 g/mol. The Balaban J connectivity index is 1.90. The molecule has 2 rings (SSSR count). The second kappa shape index (κ2) is 7.38. The summed E-state index contributed by atoms with van der Waals surface area (Å²) in [5.74, 6) is 0.634. The van der Waals surface area contributed by atoms with Gasteiger partial charge >= 0.3 is 0 Å². The Morgan fingerprint density at radius 2 is 1.91 bits per heavy atom. The third kappa shape index (κ3) is 4.16. The highest BCUT2D eigenvalue weighted by atomic mass is 16.6. The number of anilines is 2. The average molecular weight is 308 g/mol. The predicted octanol–water partition coefficient (Wildman–Crippen LogP) is 2.26. The summed E-state index contributed by atoms with van der Waals surface area (Å²) in [5, 5.41) is 34.5. The average Bonchev–Trinajstić information content (AvgIpc) is 2.59. The number of nitrogens with one attached hydrogen (secondary N) is 2. The summed E-state index contributed by atoms with van der Waals surface area (Å²) in [4.78, 5) is 14.2. The summed E-state index contributed by atoms with van der Waals surface area (Å²) in [6.45, 7) is 1.02. The van der Waals surface area contributed by atoms with Gasteiger partial charge in [-0.3, -0.25) is 10.1 Å². The smallest absolute Gasteiger partial charge is 0.270 e. The van der Waals surface area contributed by atoms with Crippen molar-refractivity contribution in [3.63, 3.8) is 0 Å². The summed E-state index contributed by atoms with van der Waals surface area (Å²) in [7, 11) is 0. The highest BCUT2D eigenvalue weighted by Gasteiger charge is 2.10. The molecule has 0 saturated carbocycles. The summed E-state index contributed by atoms with van der Waals surface area (Å²) in [6.07, 6.45) is 1.47. The summed E-state index contributed by atoms with van der Waals surface area (Å²) >= 11 is 0. The van der Waals surface area contributed by atoms with Crippen molar-refractivity contribution < 1.29 is 4.92 Å². The molecule has 1 aromatic heterocycles. The number of nitriles is 2. The van der Waals surface area contributed by atoms with Crippen LogP contribution in [0.5, 0.6) is 0 Å². The van der Waals surface area contributed by atoms with Crippen LogP contribution in [-0.4, -0.2) is 23.0 Å². The zero-order chi connectivity index (χ0) is 16.7. The molecule has 0 unspecified atom stereocenters. The lowest BCUT2D eigenvalue weighted by molar-refractivity contribution is -0.384. The van der Waals surface area contributed by atoms with E-state index in [1.807, 2.05) is 12.1 Å². The van der Waals surface area contributed by atoms with Gasteiger partial charge in [0.05, 0.1) is 21.7 Å². The number of nitro groups is 1. The molecule has 23 heavy (non-hydrogen) atoms. The van der Waals surface area contributed by atoms with Gasteiger partial charge in [-0.05, 0) is 18.2 Å². The molecule has 0 bridgehead atoms. The van der Waals surface area contributed by atoms with E-state index in [9.17, 15) is 10.1 Å². The molecule has 0 saturated heterocycles. The fourth-order valence-electron chi connectivity index (χ4n) is 1.84. The van der Waals surface area contributed by atoms with E-state index >= 15 is 0 Å². The zero-order valence-corrected chi connectivity index (χ0v) is 12.0. The Bertz CT molecular complexity index is 789. The number of pyridine rings is 1. The standard InChI is InChI=1S/C15H12N6O2/c16-8-11-1-4-15(20-10-11)19-6-5-18-14-3-2-13(21(22)23)7-12(14)9-17/h1-4,7,10,18H,5-6H2,(H,19,20). The van der Waals surface area contributed by atoms with Crippen molar-refractivity contribution in [2.24, 2.45) is 0 Å². The lowest BCUT2D eigenvalue weighted by atomic mass is 10.1. The van der Waals surface area contributed by atoms with E-state index in [1.165, 1.54) is 24.4 Å². The van der Waals surface area contributed by atoms with Gasteiger partial charge in [0.1, 0.15) is 18.0 Å². The van der Waals surface area contributed by atoms with Crippen LogP contribution in [0.1, 0.15) is 11.1 Å². The molecule has 0 fully saturated rings. The van der Waals surface area contributed by atoms with Crippen LogP contribution < -0.4 is 10.6 Å². The summed E-state index contributed by atoms with van der Waals surface area (Å²) in [5.41, 5.74) is 1.12. The van der Waals surface area contributed by atoms with Crippen LogP contribution in [0, 0.1) is 32.8 Å². The Morgan fingerprint density at radius 1 is 1.13 bits per heavy atom. The van der Waals surface area contributed by atoms with E-state index in [0.29, 0.717) is 30.2 Å². The van der Waals surface area contributed by atoms with Gasteiger partial charge in [0.15, 0.2) is 0 Å². The Kier molecular flexibility index (Phi) is 5.05. The maximum absolute atomic E-state index is 10.7. The minimum absolute atomic E-state index is 0.119. The van der Waals surface area contributed by atoms with Gasteiger partial charge < -0.3 is 10.6 Å². The van der Waals surface area contributed by atoms with Crippen molar-refractivity contribution in [2.45, 2.75) is 0 Å². The number of hydrogen-bond donors (Lipinski definition) is 2. The van der Waals surface area contributed by atoms with Gasteiger partial charge in [-0.1, -0.05) is 0 Å². The molecule has 0 aliphatic carbocycles. The van der Waals surface area contributed by atoms with Gasteiger partial charge in [0.25, 0.3) is 5.69 Å². The van der Waals surface area contributed by atoms with Crippen molar-refractivity contribution in [2.75, 3.05) is 23.7 Å². The van der Waals surface area contributed by atoms with E-state index in [4.69, 9.17) is 10.5 Å². The van der Waals surface area contributed by atoms with Gasteiger partial charge in [-0.2, -0.15) is 10.5 Å². The van der Waals surface area contributed by atoms with Gasteiger partial charge in [-0.25, -0.2) is 4.98 Å². The lowest BCUT2D eigenvalue weighted by Gasteiger charge is -2.09. The first-order valence-corrected chi connectivity index (χ1v) is 6.66. The summed E-state index contributed by atoms with van der Waals surface area (Å²) < 4.78 is 0. The number of benzene rings is 1. The van der Waals surface area contributed by atoms with E-state index < -0.39 is 4.92 Å². The van der Waals surface area contributed by atoms with Crippen LogP contribution in [0.2, 0.25) is 0 Å². The third-order valence-electron chi connectivity index (χ3n) is 2.97. The number of nitrogens with zero attached hydrogens (tertiary/aromatic N) is 4. The van der Waals surface area contributed by atoms with Crippen molar-refractivity contribution >= 4 is 17.2 Å². The van der Waals surface area contributed by atoms with E-state index in [-0.39, 0.29) is 11.3 Å². The Hall–Kier alpha value is -3.65. The predicted molar refractivity (Wildman–Crippen MR) is 83.7 cm³/mol. The maximum Gasteiger partial charge on any atom is 0.270 e. The molecule has 0 aliphatic rings. The number of nitro benzene ring substituents is 1. The molecular formula is C15H12N6O2. The topological polar surface area (TPSA) is 128 Å². The van der Waals surface area contributed by atoms with Crippen LogP contribution in [0.3, 0.4) is 0 Å². The molecule has 1 aromatic carbocycles. The number of non-ortho nitro benzene ring substituents is 1. The monoisotopic (exact) mass is 308 g/mol. The Labute approximate surface area is 132 Å². The second-order valence-electron chi connectivity index (χ2n) is 4.50. The lowest BCUT2D eigenvalue weighted by Crippen LogP contribution is -2.15. The van der Waals surface area contributed by atoms with Crippen LogP contribution in [-0.2, 0) is 0 Å². The zero-order valence-electron chi connectivity index (χ0n) is 12.0. The summed E-state index contributed by atoms with van der Waals surface area (Å²) in [6, 6.07) is 11.4. The molecule has 8 heteroatoms. The van der Waals surface area contributed by atoms with Crippen LogP contribution >= 0.6 is 0 Å². The van der Waals surface area contributed by atoms with E-state index in [0.717, 1.165) is 0 Å². The van der Waals surface area contributed by atoms with E-state index in [1.54, 1.807) is 12.1 Å². The SMILES string of the molecule is N#Cc1ccc(NCCNc2ccc([N+](=O)[O-])cc2C#N)nc1. The van der Waals surface area contributed by atoms with Crippen LogP contribution in [0.4, 0.5) is 17.2 Å². The molecule has 2 aromatic rings. The number of rotatable bonds is 6. The van der Waals surface area contributed by atoms with Gasteiger partial charge in [0.2, 0.25) is 0 Å². The molecule has 0 spiro atoms. The third-order valence-corrected chi connectivity index (χ3v) is 2.97. The molecule has 114 valence electrons. The molecule has 2 N–H and O–H groups in total. The van der Waals surface area contributed by atoms with Crippen molar-refractivity contribution in [3.05, 3.63) is 57.8 Å². The second-order valence-corrected chi connectivity index (χ2v) is 4.50. The molecule has 1 heterocycles. The van der Waals surface area contributed by atoms with Gasteiger partial charge in [0, 0.05) is 31.4 Å². The fourth-order valence-corrected chi connectivity index (χ4v) is 1.84. The molecule has 8 nitrogen and oxygen atoms in total. The van der Waals surface area contributed by atoms with E-state index in [2.05, 4.69) is 15.6 Å². The van der Waals surface area contributed by atoms with Crippen molar-refractivity contribution in [1.82, 2.24) is 4.98 Å². The first-order chi connectivity index (χ1) is 11.1. The number of aromatic nitrogens is 1. The highest BCUT2D eigenvalue weighted by molar-refractivity contribution is 5.61. The molecule has 0 atom stereocenters. The molecule has 0 amide bonds. The quantitative estimate of drug-likeness (QED) is 0.476. The minimum Gasteiger partial charge on any atom is -0.382 e. The molecule has 0 aliphatic heterocycles. The highest BCUT2D eigenvalue weighted by Crippen LogP contribution is 2.21. The van der Waals surface area contributed by atoms with Gasteiger partial charge in [-0.15, -0.1) is 0 Å². The molecule has 0 radical (unpaired) electrons. The fraction of sp³-hybridized carbons (Fsp3) is 0.133. The van der Waals surface area contributed by atoms with Crippen molar-refractivity contribution in [1.29, 1.82) is 10.5 Å². The first-order valence-electron chi connectivity index (χ1n) is 6.66. The Morgan fingerprint density at radius 3 is 2.52 bits per heavy atom. The van der Waals surface area contributed by atoms with Crippen LogP contribution in [0.25, 0.3) is 0 Å². The maximum atomic E-state index is 10.7. The largest absolute Gasteiger partial charge is 0.382 e.